The van der Waals surface area contributed by atoms with Gasteiger partial charge in [0.25, 0.3) is 0 Å². The van der Waals surface area contributed by atoms with Crippen LogP contribution in [0.15, 0.2) is 18.2 Å². The SMILES string of the molecule is CC(C)(C)CCOCCCSC1CC(=O)C(CCCCCC(=O)NC2CCC(CCN3CCN(c4cccc(Cl)c4Cl)CC3)CC2)C1=O. The molecule has 2 saturated carbocycles. The second-order valence-electron chi connectivity index (χ2n) is 15.3. The highest BCUT2D eigenvalue weighted by Gasteiger charge is 2.40. The van der Waals surface area contributed by atoms with Gasteiger partial charge in [0, 0.05) is 58.3 Å². The van der Waals surface area contributed by atoms with Crippen molar-refractivity contribution in [3.05, 3.63) is 28.2 Å². The van der Waals surface area contributed by atoms with Gasteiger partial charge in [-0.15, -0.1) is 0 Å². The van der Waals surface area contributed by atoms with Gasteiger partial charge in [-0.1, -0.05) is 62.9 Å². The summed E-state index contributed by atoms with van der Waals surface area (Å²) in [7, 11) is 0. The van der Waals surface area contributed by atoms with Crippen LogP contribution in [0.1, 0.15) is 104 Å². The molecule has 4 rings (SSSR count). The average molecular weight is 725 g/mol. The van der Waals surface area contributed by atoms with Crippen molar-refractivity contribution >= 4 is 58.1 Å². The molecule has 3 aliphatic rings. The summed E-state index contributed by atoms with van der Waals surface area (Å²) < 4.78 is 5.73. The first-order valence-electron chi connectivity index (χ1n) is 18.5. The fourth-order valence-corrected chi connectivity index (χ4v) is 8.73. The van der Waals surface area contributed by atoms with E-state index >= 15 is 0 Å². The number of hydrogen-bond acceptors (Lipinski definition) is 7. The first-order chi connectivity index (χ1) is 23.0. The van der Waals surface area contributed by atoms with E-state index in [1.807, 2.05) is 18.2 Å². The van der Waals surface area contributed by atoms with Crippen LogP contribution in [0, 0.1) is 17.3 Å². The molecule has 1 aromatic carbocycles. The van der Waals surface area contributed by atoms with E-state index in [0.717, 1.165) is 102 Å². The Labute approximate surface area is 303 Å². The molecule has 1 N–H and O–H groups in total. The number of anilines is 1. The lowest BCUT2D eigenvalue weighted by atomic mass is 9.84. The van der Waals surface area contributed by atoms with Crippen molar-refractivity contribution in [1.82, 2.24) is 10.2 Å². The highest BCUT2D eigenvalue weighted by Crippen LogP contribution is 2.34. The van der Waals surface area contributed by atoms with Crippen LogP contribution in [0.3, 0.4) is 0 Å². The third kappa shape index (κ3) is 13.1. The first-order valence-corrected chi connectivity index (χ1v) is 20.3. The molecule has 1 saturated heterocycles. The van der Waals surface area contributed by atoms with Gasteiger partial charge in [-0.05, 0) is 93.6 Å². The van der Waals surface area contributed by atoms with Crippen molar-refractivity contribution < 1.29 is 19.1 Å². The zero-order chi connectivity index (χ0) is 34.5. The standard InChI is InChI=1S/C38H59Cl2N3O4S/c1-38(2,3)18-25-47-24-8-26-48-34-27-33(44)30(37(34)46)9-5-4-6-12-35(45)41-29-15-13-28(14-16-29)17-19-42-20-22-43(23-21-42)32-11-7-10-31(39)36(32)40/h7,10-11,28-30,34H,4-6,8-9,12-27H2,1-3H3,(H,41,45). The highest BCUT2D eigenvalue weighted by molar-refractivity contribution is 8.00. The van der Waals surface area contributed by atoms with E-state index in [4.69, 9.17) is 27.9 Å². The molecule has 10 heteroatoms. The molecule has 0 aromatic heterocycles. The maximum Gasteiger partial charge on any atom is 0.220 e. The van der Waals surface area contributed by atoms with Crippen molar-refractivity contribution in [3.8, 4) is 0 Å². The van der Waals surface area contributed by atoms with Gasteiger partial charge in [-0.25, -0.2) is 0 Å². The summed E-state index contributed by atoms with van der Waals surface area (Å²) >= 11 is 14.3. The van der Waals surface area contributed by atoms with Crippen LogP contribution in [0.5, 0.6) is 0 Å². The molecule has 1 amide bonds. The number of carbonyl (C=O) groups excluding carboxylic acids is 3. The van der Waals surface area contributed by atoms with Gasteiger partial charge in [-0.3, -0.25) is 19.3 Å². The fraction of sp³-hybridized carbons (Fsp3) is 0.763. The van der Waals surface area contributed by atoms with E-state index < -0.39 is 5.92 Å². The molecular formula is C38H59Cl2N3O4S. The van der Waals surface area contributed by atoms with Crippen LogP contribution in [0.4, 0.5) is 5.69 Å². The Morgan fingerprint density at radius 3 is 2.44 bits per heavy atom. The Morgan fingerprint density at radius 2 is 1.71 bits per heavy atom. The minimum Gasteiger partial charge on any atom is -0.381 e. The lowest BCUT2D eigenvalue weighted by Gasteiger charge is -2.37. The smallest absolute Gasteiger partial charge is 0.220 e. The van der Waals surface area contributed by atoms with Crippen molar-refractivity contribution in [2.75, 3.05) is 56.6 Å². The normalized spacial score (nSPS) is 24.0. The van der Waals surface area contributed by atoms with Gasteiger partial charge < -0.3 is 15.0 Å². The zero-order valence-electron chi connectivity index (χ0n) is 29.6. The second kappa shape index (κ2) is 19.9. The molecule has 2 atom stereocenters. The number of nitrogens with zero attached hydrogens (tertiary/aromatic N) is 2. The average Bonchev–Trinajstić information content (AvgIpc) is 3.32. The predicted octanol–water partition coefficient (Wildman–Crippen LogP) is 8.23. The number of Topliss-reactive ketones (excluding diaryl/α,β-unsaturated/α-hetero) is 2. The van der Waals surface area contributed by atoms with E-state index in [0.29, 0.717) is 35.9 Å². The number of carbonyl (C=O) groups is 3. The maximum absolute atomic E-state index is 12.9. The number of rotatable bonds is 18. The monoisotopic (exact) mass is 723 g/mol. The number of amides is 1. The van der Waals surface area contributed by atoms with Crippen molar-refractivity contribution in [2.24, 2.45) is 17.3 Å². The zero-order valence-corrected chi connectivity index (χ0v) is 31.9. The van der Waals surface area contributed by atoms with E-state index in [-0.39, 0.29) is 34.2 Å². The number of ketones is 2. The Hall–Kier alpha value is -1.32. The van der Waals surface area contributed by atoms with Crippen molar-refractivity contribution in [3.63, 3.8) is 0 Å². The van der Waals surface area contributed by atoms with Crippen molar-refractivity contribution in [1.29, 1.82) is 0 Å². The quantitative estimate of drug-likeness (QED) is 0.121. The highest BCUT2D eigenvalue weighted by atomic mass is 35.5. The van der Waals surface area contributed by atoms with Gasteiger partial charge in [0.1, 0.15) is 5.78 Å². The third-order valence-corrected chi connectivity index (χ3v) is 12.4. The van der Waals surface area contributed by atoms with Crippen LogP contribution in [-0.2, 0) is 19.1 Å². The molecule has 0 radical (unpaired) electrons. The van der Waals surface area contributed by atoms with Gasteiger partial charge >= 0.3 is 0 Å². The lowest BCUT2D eigenvalue weighted by Crippen LogP contribution is -2.47. The Bertz CT molecular complexity index is 1180. The van der Waals surface area contributed by atoms with Crippen LogP contribution in [-0.4, -0.2) is 85.4 Å². The number of thioether (sulfide) groups is 1. The third-order valence-electron chi connectivity index (χ3n) is 10.3. The van der Waals surface area contributed by atoms with Crippen LogP contribution in [0.2, 0.25) is 10.0 Å². The minimum atomic E-state index is -0.438. The van der Waals surface area contributed by atoms with Crippen LogP contribution in [0.25, 0.3) is 0 Å². The van der Waals surface area contributed by atoms with Gasteiger partial charge in [0.2, 0.25) is 5.91 Å². The summed E-state index contributed by atoms with van der Waals surface area (Å²) in [5, 5.41) is 4.34. The Balaban J connectivity index is 0.992. The van der Waals surface area contributed by atoms with Crippen LogP contribution < -0.4 is 10.2 Å². The minimum absolute atomic E-state index is 0.106. The number of nitrogens with one attached hydrogen (secondary N) is 1. The second-order valence-corrected chi connectivity index (χ2v) is 17.4. The molecule has 0 bridgehead atoms. The number of unbranched alkanes of at least 4 members (excludes halogenated alkanes) is 2. The molecule has 1 aromatic rings. The topological polar surface area (TPSA) is 79.0 Å². The lowest BCUT2D eigenvalue weighted by molar-refractivity contribution is -0.127. The molecule has 1 aliphatic heterocycles. The fourth-order valence-electron chi connectivity index (χ4n) is 7.14. The number of halogens is 2. The van der Waals surface area contributed by atoms with Gasteiger partial charge in [-0.2, -0.15) is 11.8 Å². The summed E-state index contributed by atoms with van der Waals surface area (Å²) in [4.78, 5) is 42.9. The number of ether oxygens (including phenoxy) is 1. The molecule has 2 aliphatic carbocycles. The first kappa shape index (κ1) is 39.5. The van der Waals surface area contributed by atoms with E-state index in [1.54, 1.807) is 11.8 Å². The number of piperazine rings is 1. The molecule has 2 unspecified atom stereocenters. The summed E-state index contributed by atoms with van der Waals surface area (Å²) in [5.74, 6) is 1.51. The molecule has 7 nitrogen and oxygen atoms in total. The van der Waals surface area contributed by atoms with E-state index in [2.05, 4.69) is 35.9 Å². The number of hydrogen-bond donors (Lipinski definition) is 1. The molecular weight excluding hydrogens is 665 g/mol. The molecule has 1 heterocycles. The van der Waals surface area contributed by atoms with E-state index in [9.17, 15) is 14.4 Å². The summed E-state index contributed by atoms with van der Waals surface area (Å²) in [6.07, 6.45) is 11.7. The Kier molecular flexibility index (Phi) is 16.4. The van der Waals surface area contributed by atoms with Gasteiger partial charge in [0.05, 0.1) is 26.9 Å². The van der Waals surface area contributed by atoms with E-state index in [1.165, 1.54) is 19.3 Å². The summed E-state index contributed by atoms with van der Waals surface area (Å²) in [6.45, 7) is 13.2. The Morgan fingerprint density at radius 1 is 0.958 bits per heavy atom. The number of benzene rings is 1. The molecule has 270 valence electrons. The van der Waals surface area contributed by atoms with Crippen LogP contribution >= 0.6 is 35.0 Å². The summed E-state index contributed by atoms with van der Waals surface area (Å²) in [5.41, 5.74) is 1.31. The molecule has 3 fully saturated rings. The molecule has 48 heavy (non-hydrogen) atoms. The van der Waals surface area contributed by atoms with Gasteiger partial charge in [0.15, 0.2) is 5.78 Å². The van der Waals surface area contributed by atoms with Crippen molar-refractivity contribution in [2.45, 2.75) is 116 Å². The predicted molar refractivity (Wildman–Crippen MR) is 201 cm³/mol. The molecule has 0 spiro atoms. The summed E-state index contributed by atoms with van der Waals surface area (Å²) in [6, 6.07) is 6.14. The largest absolute Gasteiger partial charge is 0.381 e. The maximum atomic E-state index is 12.9.